The molecule has 5 heteroatoms. The van der Waals surface area contributed by atoms with Gasteiger partial charge in [0.1, 0.15) is 11.6 Å². The molecule has 0 spiro atoms. The molecular weight excluding hydrogens is 211 g/mol. The number of rotatable bonds is 5. The van der Waals surface area contributed by atoms with Crippen LogP contribution in [-0.4, -0.2) is 12.0 Å². The maximum atomic E-state index is 13.3. The Labute approximate surface area is 93.4 Å². The van der Waals surface area contributed by atoms with Crippen LogP contribution >= 0.6 is 0 Å². The fraction of sp³-hybridized carbons (Fsp3) is 0.364. The highest BCUT2D eigenvalue weighted by Gasteiger charge is 2.17. The number of hydrogen-bond acceptors (Lipinski definition) is 3. The molecule has 0 aliphatic carbocycles. The molecule has 0 fully saturated rings. The van der Waals surface area contributed by atoms with Crippen LogP contribution in [0.5, 0.6) is 5.75 Å². The first kappa shape index (κ1) is 12.4. The van der Waals surface area contributed by atoms with Crippen molar-refractivity contribution < 1.29 is 13.9 Å². The van der Waals surface area contributed by atoms with Crippen molar-refractivity contribution in [2.45, 2.75) is 26.0 Å². The number of ether oxygens (including phenoxy) is 1. The van der Waals surface area contributed by atoms with Crippen molar-refractivity contribution in [3.63, 3.8) is 0 Å². The molecule has 88 valence electrons. The third-order valence-corrected chi connectivity index (χ3v) is 2.24. The SMILES string of the molecule is CCC(Oc1cccc(F)c1CN)C(N)=O. The van der Waals surface area contributed by atoms with E-state index < -0.39 is 17.8 Å². The Hall–Kier alpha value is -1.62. The third kappa shape index (κ3) is 2.70. The molecule has 0 aliphatic heterocycles. The molecule has 0 aromatic heterocycles. The molecule has 0 aliphatic rings. The Morgan fingerprint density at radius 1 is 1.56 bits per heavy atom. The van der Waals surface area contributed by atoms with Crippen molar-refractivity contribution in [1.29, 1.82) is 0 Å². The predicted molar refractivity (Wildman–Crippen MR) is 58.2 cm³/mol. The molecule has 4 nitrogen and oxygen atoms in total. The van der Waals surface area contributed by atoms with Crippen molar-refractivity contribution >= 4 is 5.91 Å². The average molecular weight is 226 g/mol. The molecule has 1 unspecified atom stereocenters. The summed E-state index contributed by atoms with van der Waals surface area (Å²) >= 11 is 0. The summed E-state index contributed by atoms with van der Waals surface area (Å²) in [6.45, 7) is 1.77. The number of benzene rings is 1. The first-order valence-corrected chi connectivity index (χ1v) is 5.03. The molecular formula is C11H15FN2O2. The largest absolute Gasteiger partial charge is 0.480 e. The summed E-state index contributed by atoms with van der Waals surface area (Å²) in [6, 6.07) is 4.36. The van der Waals surface area contributed by atoms with Crippen molar-refractivity contribution in [1.82, 2.24) is 0 Å². The molecule has 1 amide bonds. The summed E-state index contributed by atoms with van der Waals surface area (Å²) in [7, 11) is 0. The summed E-state index contributed by atoms with van der Waals surface area (Å²) in [5.41, 5.74) is 10.8. The van der Waals surface area contributed by atoms with Crippen LogP contribution < -0.4 is 16.2 Å². The fourth-order valence-corrected chi connectivity index (χ4v) is 1.34. The number of nitrogens with two attached hydrogens (primary N) is 2. The normalized spacial score (nSPS) is 12.2. The van der Waals surface area contributed by atoms with E-state index in [1.807, 2.05) is 0 Å². The molecule has 1 aromatic carbocycles. The number of carbonyl (C=O) groups excluding carboxylic acids is 1. The Bertz CT molecular complexity index is 382. The second-order valence-electron chi connectivity index (χ2n) is 3.34. The van der Waals surface area contributed by atoms with Crippen LogP contribution in [0.2, 0.25) is 0 Å². The van der Waals surface area contributed by atoms with Gasteiger partial charge < -0.3 is 16.2 Å². The predicted octanol–water partition coefficient (Wildman–Crippen LogP) is 0.927. The van der Waals surface area contributed by atoms with Crippen molar-refractivity contribution in [2.24, 2.45) is 11.5 Å². The molecule has 0 heterocycles. The zero-order valence-electron chi connectivity index (χ0n) is 9.07. The van der Waals surface area contributed by atoms with E-state index in [1.165, 1.54) is 12.1 Å². The van der Waals surface area contributed by atoms with Gasteiger partial charge in [-0.2, -0.15) is 0 Å². The summed E-state index contributed by atoms with van der Waals surface area (Å²) < 4.78 is 18.7. The standard InChI is InChI=1S/C11H15FN2O2/c1-2-9(11(14)15)16-10-5-3-4-8(12)7(10)6-13/h3-5,9H,2,6,13H2,1H3,(H2,14,15). The first-order valence-electron chi connectivity index (χ1n) is 5.03. The summed E-state index contributed by atoms with van der Waals surface area (Å²) in [6.07, 6.45) is -0.331. The van der Waals surface area contributed by atoms with E-state index in [0.717, 1.165) is 0 Å². The van der Waals surface area contributed by atoms with E-state index in [2.05, 4.69) is 0 Å². The highest BCUT2D eigenvalue weighted by Crippen LogP contribution is 2.22. The molecule has 0 saturated heterocycles. The van der Waals surface area contributed by atoms with Gasteiger partial charge in [-0.1, -0.05) is 13.0 Å². The summed E-state index contributed by atoms with van der Waals surface area (Å²) in [5, 5.41) is 0. The van der Waals surface area contributed by atoms with Crippen LogP contribution in [0.25, 0.3) is 0 Å². The average Bonchev–Trinajstić information content (AvgIpc) is 2.25. The van der Waals surface area contributed by atoms with Gasteiger partial charge in [0.2, 0.25) is 0 Å². The number of primary amides is 1. The zero-order valence-corrected chi connectivity index (χ0v) is 9.07. The first-order chi connectivity index (χ1) is 7.60. The number of halogens is 1. The van der Waals surface area contributed by atoms with E-state index in [9.17, 15) is 9.18 Å². The number of carbonyl (C=O) groups is 1. The van der Waals surface area contributed by atoms with Gasteiger partial charge >= 0.3 is 0 Å². The van der Waals surface area contributed by atoms with Crippen LogP contribution in [0, 0.1) is 5.82 Å². The second kappa shape index (κ2) is 5.46. The maximum Gasteiger partial charge on any atom is 0.258 e. The van der Waals surface area contributed by atoms with Gasteiger partial charge in [0.25, 0.3) is 5.91 Å². The van der Waals surface area contributed by atoms with E-state index in [0.29, 0.717) is 6.42 Å². The lowest BCUT2D eigenvalue weighted by molar-refractivity contribution is -0.124. The van der Waals surface area contributed by atoms with Gasteiger partial charge in [-0.25, -0.2) is 4.39 Å². The molecule has 1 aromatic rings. The van der Waals surface area contributed by atoms with Gasteiger partial charge in [-0.15, -0.1) is 0 Å². The van der Waals surface area contributed by atoms with Crippen LogP contribution in [0.4, 0.5) is 4.39 Å². The molecule has 0 saturated carbocycles. The number of amides is 1. The van der Waals surface area contributed by atoms with E-state index in [1.54, 1.807) is 13.0 Å². The van der Waals surface area contributed by atoms with Gasteiger partial charge in [-0.3, -0.25) is 4.79 Å². The van der Waals surface area contributed by atoms with Gasteiger partial charge in [0.15, 0.2) is 6.10 Å². The van der Waals surface area contributed by atoms with Gasteiger partial charge in [0.05, 0.1) is 0 Å². The Kier molecular flexibility index (Phi) is 4.25. The summed E-state index contributed by atoms with van der Waals surface area (Å²) in [5.74, 6) is -0.748. The lowest BCUT2D eigenvalue weighted by Gasteiger charge is -2.16. The molecule has 4 N–H and O–H groups in total. The van der Waals surface area contributed by atoms with Crippen LogP contribution in [-0.2, 0) is 11.3 Å². The minimum absolute atomic E-state index is 0.0111. The second-order valence-corrected chi connectivity index (χ2v) is 3.34. The minimum Gasteiger partial charge on any atom is -0.480 e. The van der Waals surface area contributed by atoms with E-state index in [4.69, 9.17) is 16.2 Å². The van der Waals surface area contributed by atoms with Gasteiger partial charge in [-0.05, 0) is 18.6 Å². The fourth-order valence-electron chi connectivity index (χ4n) is 1.34. The zero-order chi connectivity index (χ0) is 12.1. The number of hydrogen-bond donors (Lipinski definition) is 2. The van der Waals surface area contributed by atoms with E-state index in [-0.39, 0.29) is 17.9 Å². The molecule has 0 radical (unpaired) electrons. The highest BCUT2D eigenvalue weighted by atomic mass is 19.1. The van der Waals surface area contributed by atoms with Gasteiger partial charge in [0, 0.05) is 12.1 Å². The highest BCUT2D eigenvalue weighted by molar-refractivity contribution is 5.79. The molecule has 0 bridgehead atoms. The molecule has 1 atom stereocenters. The van der Waals surface area contributed by atoms with Crippen molar-refractivity contribution in [3.8, 4) is 5.75 Å². The third-order valence-electron chi connectivity index (χ3n) is 2.24. The lowest BCUT2D eigenvalue weighted by Crippen LogP contribution is -2.33. The molecule has 1 rings (SSSR count). The Morgan fingerprint density at radius 3 is 2.75 bits per heavy atom. The molecule has 16 heavy (non-hydrogen) atoms. The quantitative estimate of drug-likeness (QED) is 0.783. The Morgan fingerprint density at radius 2 is 2.25 bits per heavy atom. The van der Waals surface area contributed by atoms with E-state index >= 15 is 0 Å². The van der Waals surface area contributed by atoms with Crippen LogP contribution in [0.3, 0.4) is 0 Å². The Balaban J connectivity index is 2.95. The minimum atomic E-state index is -0.757. The lowest BCUT2D eigenvalue weighted by atomic mass is 10.2. The van der Waals surface area contributed by atoms with Crippen molar-refractivity contribution in [2.75, 3.05) is 0 Å². The van der Waals surface area contributed by atoms with Crippen molar-refractivity contribution in [3.05, 3.63) is 29.6 Å². The smallest absolute Gasteiger partial charge is 0.258 e. The topological polar surface area (TPSA) is 78.3 Å². The van der Waals surface area contributed by atoms with Crippen LogP contribution in [0.1, 0.15) is 18.9 Å². The monoisotopic (exact) mass is 226 g/mol. The summed E-state index contributed by atoms with van der Waals surface area (Å²) in [4.78, 5) is 11.0. The maximum absolute atomic E-state index is 13.3. The van der Waals surface area contributed by atoms with Crippen LogP contribution in [0.15, 0.2) is 18.2 Å².